The van der Waals surface area contributed by atoms with Gasteiger partial charge in [0.25, 0.3) is 5.91 Å². The summed E-state index contributed by atoms with van der Waals surface area (Å²) in [6.45, 7) is 4.31. The average molecular weight is 286 g/mol. The molecule has 0 heterocycles. The normalized spacial score (nSPS) is 10.9. The molecule has 0 aromatic heterocycles. The quantitative estimate of drug-likeness (QED) is 0.868. The summed E-state index contributed by atoms with van der Waals surface area (Å²) in [7, 11) is 0. The van der Waals surface area contributed by atoms with Gasteiger partial charge in [-0.25, -0.2) is 4.79 Å². The number of benzene rings is 1. The predicted molar refractivity (Wildman–Crippen MR) is 71.5 cm³/mol. The Labute approximate surface area is 116 Å². The maximum Gasteiger partial charge on any atom is 0.328 e. The summed E-state index contributed by atoms with van der Waals surface area (Å²) < 4.78 is 5.32. The zero-order valence-electron chi connectivity index (χ0n) is 11.0. The first kappa shape index (κ1) is 15.3. The van der Waals surface area contributed by atoms with Crippen molar-refractivity contribution in [1.29, 1.82) is 0 Å². The third kappa shape index (κ3) is 4.13. The van der Waals surface area contributed by atoms with Crippen molar-refractivity contribution >= 4 is 23.5 Å². The summed E-state index contributed by atoms with van der Waals surface area (Å²) in [5.41, 5.74) is -0.599. The highest BCUT2D eigenvalue weighted by Gasteiger charge is 2.28. The minimum absolute atomic E-state index is 0.266. The molecule has 0 spiro atoms. The van der Waals surface area contributed by atoms with Gasteiger partial charge in [0.15, 0.2) is 6.61 Å². The van der Waals surface area contributed by atoms with Crippen molar-refractivity contribution in [3.63, 3.8) is 0 Å². The van der Waals surface area contributed by atoms with Crippen molar-refractivity contribution in [2.24, 2.45) is 0 Å². The number of halogens is 1. The Morgan fingerprint density at radius 3 is 2.63 bits per heavy atom. The smallest absolute Gasteiger partial charge is 0.328 e. The molecule has 19 heavy (non-hydrogen) atoms. The van der Waals surface area contributed by atoms with Crippen LogP contribution in [0, 0.1) is 6.92 Å². The first-order valence-corrected chi connectivity index (χ1v) is 6.04. The summed E-state index contributed by atoms with van der Waals surface area (Å²) in [6, 6.07) is 5.12. The predicted octanol–water partition coefficient (Wildman–Crippen LogP) is 2.01. The summed E-state index contributed by atoms with van der Waals surface area (Å²) in [5.74, 6) is -1.12. The van der Waals surface area contributed by atoms with Crippen LogP contribution in [0.25, 0.3) is 0 Å². The molecule has 1 aromatic carbocycles. The van der Waals surface area contributed by atoms with E-state index in [1.165, 1.54) is 13.8 Å². The molecule has 0 fully saturated rings. The van der Waals surface area contributed by atoms with Crippen molar-refractivity contribution in [3.8, 4) is 5.75 Å². The SMILES string of the molecule is Cc1c(Cl)cccc1OCC(=O)NC(C)(C)C(=O)O. The lowest BCUT2D eigenvalue weighted by Crippen LogP contribution is -2.51. The Balaban J connectivity index is 2.60. The van der Waals surface area contributed by atoms with Gasteiger partial charge < -0.3 is 15.2 Å². The minimum atomic E-state index is -1.33. The third-order valence-electron chi connectivity index (χ3n) is 2.56. The molecule has 0 atom stereocenters. The fourth-order valence-corrected chi connectivity index (χ4v) is 1.49. The Kier molecular flexibility index (Phi) is 4.78. The second-order valence-corrected chi connectivity index (χ2v) is 5.04. The maximum absolute atomic E-state index is 11.6. The number of hydrogen-bond donors (Lipinski definition) is 2. The number of carbonyl (C=O) groups excluding carboxylic acids is 1. The van der Waals surface area contributed by atoms with Gasteiger partial charge in [-0.15, -0.1) is 0 Å². The second kappa shape index (κ2) is 5.93. The molecule has 0 aliphatic rings. The van der Waals surface area contributed by atoms with E-state index in [0.29, 0.717) is 10.8 Å². The number of carbonyl (C=O) groups is 2. The number of hydrogen-bond acceptors (Lipinski definition) is 3. The van der Waals surface area contributed by atoms with E-state index in [2.05, 4.69) is 5.32 Å². The number of rotatable bonds is 5. The number of amides is 1. The van der Waals surface area contributed by atoms with E-state index >= 15 is 0 Å². The fraction of sp³-hybridized carbons (Fsp3) is 0.385. The maximum atomic E-state index is 11.6. The molecule has 0 aliphatic carbocycles. The van der Waals surface area contributed by atoms with Crippen molar-refractivity contribution in [2.45, 2.75) is 26.3 Å². The van der Waals surface area contributed by atoms with Crippen LogP contribution in [0.2, 0.25) is 5.02 Å². The molecule has 0 unspecified atom stereocenters. The van der Waals surface area contributed by atoms with Gasteiger partial charge in [-0.2, -0.15) is 0 Å². The molecular weight excluding hydrogens is 270 g/mol. The van der Waals surface area contributed by atoms with E-state index < -0.39 is 17.4 Å². The zero-order valence-corrected chi connectivity index (χ0v) is 11.7. The summed E-state index contributed by atoms with van der Waals surface area (Å²) in [5, 5.41) is 11.8. The molecule has 0 saturated heterocycles. The molecular formula is C13H16ClNO4. The van der Waals surface area contributed by atoms with E-state index in [4.69, 9.17) is 21.4 Å². The molecule has 6 heteroatoms. The van der Waals surface area contributed by atoms with E-state index in [9.17, 15) is 9.59 Å². The zero-order chi connectivity index (χ0) is 14.6. The standard InChI is InChI=1S/C13H16ClNO4/c1-8-9(14)5-4-6-10(8)19-7-11(16)15-13(2,3)12(17)18/h4-6H,7H2,1-3H3,(H,15,16)(H,17,18). The molecule has 104 valence electrons. The van der Waals surface area contributed by atoms with Crippen LogP contribution in [0.1, 0.15) is 19.4 Å². The van der Waals surface area contributed by atoms with Crippen LogP contribution in [-0.2, 0) is 9.59 Å². The number of carboxylic acids is 1. The fourth-order valence-electron chi connectivity index (χ4n) is 1.33. The molecule has 0 saturated carbocycles. The summed E-state index contributed by atoms with van der Waals surface area (Å²) in [6.07, 6.45) is 0. The van der Waals surface area contributed by atoms with Gasteiger partial charge in [0.2, 0.25) is 0 Å². The van der Waals surface area contributed by atoms with E-state index in [-0.39, 0.29) is 6.61 Å². The van der Waals surface area contributed by atoms with Gasteiger partial charge in [0.05, 0.1) is 0 Å². The first-order chi connectivity index (χ1) is 8.74. The highest BCUT2D eigenvalue weighted by molar-refractivity contribution is 6.31. The van der Waals surface area contributed by atoms with Crippen molar-refractivity contribution < 1.29 is 19.4 Å². The lowest BCUT2D eigenvalue weighted by molar-refractivity contribution is -0.146. The molecule has 0 bridgehead atoms. The van der Waals surface area contributed by atoms with Crippen LogP contribution in [0.4, 0.5) is 0 Å². The van der Waals surface area contributed by atoms with E-state index in [1.54, 1.807) is 25.1 Å². The van der Waals surface area contributed by atoms with Gasteiger partial charge >= 0.3 is 5.97 Å². The minimum Gasteiger partial charge on any atom is -0.483 e. The van der Waals surface area contributed by atoms with Crippen LogP contribution >= 0.6 is 11.6 Å². The Hall–Kier alpha value is -1.75. The monoisotopic (exact) mass is 285 g/mol. The summed E-state index contributed by atoms with van der Waals surface area (Å²) >= 11 is 5.92. The van der Waals surface area contributed by atoms with Gasteiger partial charge in [0.1, 0.15) is 11.3 Å². The van der Waals surface area contributed by atoms with Crippen molar-refractivity contribution in [3.05, 3.63) is 28.8 Å². The molecule has 2 N–H and O–H groups in total. The van der Waals surface area contributed by atoms with Gasteiger partial charge in [-0.3, -0.25) is 4.79 Å². The first-order valence-electron chi connectivity index (χ1n) is 5.66. The van der Waals surface area contributed by atoms with Crippen LogP contribution in [-0.4, -0.2) is 29.1 Å². The van der Waals surface area contributed by atoms with Gasteiger partial charge in [-0.05, 0) is 32.9 Å². The Bertz CT molecular complexity index is 499. The number of ether oxygens (including phenoxy) is 1. The number of aliphatic carboxylic acids is 1. The molecule has 1 aromatic rings. The van der Waals surface area contributed by atoms with Crippen LogP contribution < -0.4 is 10.1 Å². The summed E-state index contributed by atoms with van der Waals surface area (Å²) in [4.78, 5) is 22.5. The topological polar surface area (TPSA) is 75.6 Å². The van der Waals surface area contributed by atoms with Gasteiger partial charge in [-0.1, -0.05) is 17.7 Å². The van der Waals surface area contributed by atoms with Gasteiger partial charge in [0, 0.05) is 10.6 Å². The van der Waals surface area contributed by atoms with Crippen LogP contribution in [0.5, 0.6) is 5.75 Å². The molecule has 5 nitrogen and oxygen atoms in total. The number of nitrogens with one attached hydrogen (secondary N) is 1. The van der Waals surface area contributed by atoms with Crippen molar-refractivity contribution in [1.82, 2.24) is 5.32 Å². The van der Waals surface area contributed by atoms with E-state index in [0.717, 1.165) is 5.56 Å². The Morgan fingerprint density at radius 1 is 1.42 bits per heavy atom. The second-order valence-electron chi connectivity index (χ2n) is 4.63. The van der Waals surface area contributed by atoms with Crippen molar-refractivity contribution in [2.75, 3.05) is 6.61 Å². The Morgan fingerprint density at radius 2 is 2.05 bits per heavy atom. The highest BCUT2D eigenvalue weighted by atomic mass is 35.5. The molecule has 1 amide bonds. The largest absolute Gasteiger partial charge is 0.483 e. The molecule has 0 radical (unpaired) electrons. The van der Waals surface area contributed by atoms with E-state index in [1.807, 2.05) is 0 Å². The van der Waals surface area contributed by atoms with Crippen LogP contribution in [0.3, 0.4) is 0 Å². The lowest BCUT2D eigenvalue weighted by Gasteiger charge is -2.21. The third-order valence-corrected chi connectivity index (χ3v) is 2.97. The molecule has 0 aliphatic heterocycles. The highest BCUT2D eigenvalue weighted by Crippen LogP contribution is 2.24. The number of carboxylic acid groups (broad SMARTS) is 1. The average Bonchev–Trinajstić information content (AvgIpc) is 2.30. The van der Waals surface area contributed by atoms with Crippen LogP contribution in [0.15, 0.2) is 18.2 Å². The lowest BCUT2D eigenvalue weighted by atomic mass is 10.1. The molecule has 1 rings (SSSR count).